The Hall–Kier alpha value is -1.13. The van der Waals surface area contributed by atoms with E-state index in [9.17, 15) is 9.18 Å². The molecule has 17 heavy (non-hydrogen) atoms. The zero-order valence-electron chi connectivity index (χ0n) is 9.30. The SMILES string of the molecule is O=C(Nc1cc(F)cc(Cl)c1)[C@@H]1CCCCN1. The fraction of sp³-hybridized carbons (Fsp3) is 0.417. The quantitative estimate of drug-likeness (QED) is 0.854. The van der Waals surface area contributed by atoms with Crippen LogP contribution in [0.2, 0.25) is 5.02 Å². The number of rotatable bonds is 2. The lowest BCUT2D eigenvalue weighted by atomic mass is 10.0. The normalized spacial score (nSPS) is 20.0. The number of nitrogens with one attached hydrogen (secondary N) is 2. The van der Waals surface area contributed by atoms with Crippen LogP contribution in [0.15, 0.2) is 18.2 Å². The highest BCUT2D eigenvalue weighted by atomic mass is 35.5. The standard InChI is InChI=1S/C12H14ClFN2O/c13-8-5-9(14)7-10(6-8)16-12(17)11-3-1-2-4-15-11/h5-7,11,15H,1-4H2,(H,16,17)/t11-/m0/s1. The Bertz CT molecular complexity index is 399. The maximum atomic E-state index is 13.1. The Morgan fingerprint density at radius 1 is 1.41 bits per heavy atom. The van der Waals surface area contributed by atoms with E-state index in [-0.39, 0.29) is 17.0 Å². The summed E-state index contributed by atoms with van der Waals surface area (Å²) in [5.41, 5.74) is 0.396. The molecule has 2 rings (SSSR count). The summed E-state index contributed by atoms with van der Waals surface area (Å²) in [7, 11) is 0. The van der Waals surface area contributed by atoms with Crippen LogP contribution in [0.3, 0.4) is 0 Å². The Balaban J connectivity index is 2.01. The van der Waals surface area contributed by atoms with E-state index in [0.29, 0.717) is 5.69 Å². The fourth-order valence-corrected chi connectivity index (χ4v) is 2.15. The topological polar surface area (TPSA) is 41.1 Å². The summed E-state index contributed by atoms with van der Waals surface area (Å²) in [6.07, 6.45) is 2.94. The molecule has 0 bridgehead atoms. The minimum absolute atomic E-state index is 0.133. The van der Waals surface area contributed by atoms with Crippen molar-refractivity contribution in [1.82, 2.24) is 5.32 Å². The second kappa shape index (κ2) is 5.47. The van der Waals surface area contributed by atoms with Gasteiger partial charge in [0.05, 0.1) is 6.04 Å². The number of carbonyl (C=O) groups is 1. The van der Waals surface area contributed by atoms with Crippen LogP contribution in [-0.4, -0.2) is 18.5 Å². The van der Waals surface area contributed by atoms with Gasteiger partial charge >= 0.3 is 0 Å². The summed E-state index contributed by atoms with van der Waals surface area (Å²) >= 11 is 5.71. The number of hydrogen-bond donors (Lipinski definition) is 2. The third-order valence-electron chi connectivity index (χ3n) is 2.76. The van der Waals surface area contributed by atoms with Gasteiger partial charge in [-0.05, 0) is 37.6 Å². The lowest BCUT2D eigenvalue weighted by Crippen LogP contribution is -2.43. The summed E-state index contributed by atoms with van der Waals surface area (Å²) in [6, 6.07) is 3.81. The lowest BCUT2D eigenvalue weighted by Gasteiger charge is -2.22. The van der Waals surface area contributed by atoms with Crippen molar-refractivity contribution in [2.75, 3.05) is 11.9 Å². The molecule has 0 saturated carbocycles. The molecule has 0 aliphatic carbocycles. The average molecular weight is 257 g/mol. The molecule has 1 fully saturated rings. The van der Waals surface area contributed by atoms with Crippen LogP contribution in [0.5, 0.6) is 0 Å². The molecule has 1 aromatic carbocycles. The van der Waals surface area contributed by atoms with Gasteiger partial charge in [-0.3, -0.25) is 4.79 Å². The fourth-order valence-electron chi connectivity index (χ4n) is 1.93. The first-order chi connectivity index (χ1) is 8.15. The Morgan fingerprint density at radius 3 is 2.88 bits per heavy atom. The molecule has 1 atom stereocenters. The van der Waals surface area contributed by atoms with Crippen LogP contribution in [0.25, 0.3) is 0 Å². The summed E-state index contributed by atoms with van der Waals surface area (Å²) in [5.74, 6) is -0.587. The monoisotopic (exact) mass is 256 g/mol. The molecule has 3 nitrogen and oxygen atoms in total. The van der Waals surface area contributed by atoms with Crippen LogP contribution < -0.4 is 10.6 Å². The lowest BCUT2D eigenvalue weighted by molar-refractivity contribution is -0.118. The first-order valence-corrected chi connectivity index (χ1v) is 6.03. The molecule has 5 heteroatoms. The van der Waals surface area contributed by atoms with E-state index in [1.807, 2.05) is 0 Å². The molecule has 1 heterocycles. The van der Waals surface area contributed by atoms with Crippen molar-refractivity contribution in [2.24, 2.45) is 0 Å². The van der Waals surface area contributed by atoms with Crippen LogP contribution >= 0.6 is 11.6 Å². The van der Waals surface area contributed by atoms with E-state index in [1.54, 1.807) is 0 Å². The maximum Gasteiger partial charge on any atom is 0.241 e. The summed E-state index contributed by atoms with van der Waals surface area (Å²) < 4.78 is 13.1. The highest BCUT2D eigenvalue weighted by molar-refractivity contribution is 6.30. The van der Waals surface area contributed by atoms with E-state index in [0.717, 1.165) is 25.8 Å². The van der Waals surface area contributed by atoms with Crippen molar-refractivity contribution >= 4 is 23.2 Å². The first kappa shape index (κ1) is 12.3. The molecule has 1 aromatic rings. The highest BCUT2D eigenvalue weighted by Gasteiger charge is 2.20. The van der Waals surface area contributed by atoms with Gasteiger partial charge in [-0.1, -0.05) is 18.0 Å². The second-order valence-corrected chi connectivity index (χ2v) is 4.59. The van der Waals surface area contributed by atoms with Crippen molar-refractivity contribution in [3.8, 4) is 0 Å². The van der Waals surface area contributed by atoms with E-state index >= 15 is 0 Å². The minimum atomic E-state index is -0.454. The Kier molecular flexibility index (Phi) is 3.97. The van der Waals surface area contributed by atoms with Crippen molar-refractivity contribution in [1.29, 1.82) is 0 Å². The van der Waals surface area contributed by atoms with E-state index in [2.05, 4.69) is 10.6 Å². The largest absolute Gasteiger partial charge is 0.325 e. The van der Waals surface area contributed by atoms with Gasteiger partial charge in [0.2, 0.25) is 5.91 Å². The molecule has 1 amide bonds. The molecule has 1 aliphatic heterocycles. The van der Waals surface area contributed by atoms with E-state index < -0.39 is 5.82 Å². The predicted octanol–water partition coefficient (Wildman–Crippen LogP) is 2.56. The van der Waals surface area contributed by atoms with Gasteiger partial charge in [0.15, 0.2) is 0 Å². The predicted molar refractivity (Wildman–Crippen MR) is 65.7 cm³/mol. The molecule has 1 saturated heterocycles. The molecule has 0 aromatic heterocycles. The van der Waals surface area contributed by atoms with Gasteiger partial charge in [-0.25, -0.2) is 4.39 Å². The van der Waals surface area contributed by atoms with Crippen LogP contribution in [0.4, 0.5) is 10.1 Å². The number of carbonyl (C=O) groups excluding carboxylic acids is 1. The van der Waals surface area contributed by atoms with Crippen molar-refractivity contribution in [2.45, 2.75) is 25.3 Å². The van der Waals surface area contributed by atoms with Gasteiger partial charge in [0.25, 0.3) is 0 Å². The average Bonchev–Trinajstić information content (AvgIpc) is 2.28. The maximum absolute atomic E-state index is 13.1. The van der Waals surface area contributed by atoms with Crippen molar-refractivity contribution < 1.29 is 9.18 Å². The number of piperidine rings is 1. The number of hydrogen-bond acceptors (Lipinski definition) is 2. The number of benzene rings is 1. The minimum Gasteiger partial charge on any atom is -0.325 e. The zero-order chi connectivity index (χ0) is 12.3. The van der Waals surface area contributed by atoms with E-state index in [1.165, 1.54) is 18.2 Å². The zero-order valence-corrected chi connectivity index (χ0v) is 10.1. The molecule has 92 valence electrons. The first-order valence-electron chi connectivity index (χ1n) is 5.65. The third kappa shape index (κ3) is 3.41. The van der Waals surface area contributed by atoms with Gasteiger partial charge in [-0.2, -0.15) is 0 Å². The van der Waals surface area contributed by atoms with Gasteiger partial charge < -0.3 is 10.6 Å². The van der Waals surface area contributed by atoms with Crippen molar-refractivity contribution in [3.05, 3.63) is 29.0 Å². The Labute approximate surface area is 104 Å². The van der Waals surface area contributed by atoms with Crippen LogP contribution in [0.1, 0.15) is 19.3 Å². The number of anilines is 1. The number of amides is 1. The molecule has 0 unspecified atom stereocenters. The highest BCUT2D eigenvalue weighted by Crippen LogP contribution is 2.19. The molecular weight excluding hydrogens is 243 g/mol. The molecule has 0 spiro atoms. The van der Waals surface area contributed by atoms with Gasteiger partial charge in [-0.15, -0.1) is 0 Å². The van der Waals surface area contributed by atoms with Gasteiger partial charge in [0, 0.05) is 10.7 Å². The Morgan fingerprint density at radius 2 is 2.24 bits per heavy atom. The number of halogens is 2. The summed E-state index contributed by atoms with van der Waals surface area (Å²) in [4.78, 5) is 11.9. The van der Waals surface area contributed by atoms with Crippen LogP contribution in [-0.2, 0) is 4.79 Å². The summed E-state index contributed by atoms with van der Waals surface area (Å²) in [5, 5.41) is 6.07. The molecule has 0 radical (unpaired) electrons. The second-order valence-electron chi connectivity index (χ2n) is 4.15. The molecule has 2 N–H and O–H groups in total. The third-order valence-corrected chi connectivity index (χ3v) is 2.98. The van der Waals surface area contributed by atoms with Gasteiger partial charge in [0.1, 0.15) is 5.82 Å². The molecular formula is C12H14ClFN2O. The molecule has 1 aliphatic rings. The van der Waals surface area contributed by atoms with E-state index in [4.69, 9.17) is 11.6 Å². The van der Waals surface area contributed by atoms with Crippen molar-refractivity contribution in [3.63, 3.8) is 0 Å². The smallest absolute Gasteiger partial charge is 0.241 e. The van der Waals surface area contributed by atoms with Crippen LogP contribution in [0, 0.1) is 5.82 Å². The summed E-state index contributed by atoms with van der Waals surface area (Å²) in [6.45, 7) is 0.849.